The van der Waals surface area contributed by atoms with Gasteiger partial charge >= 0.3 is 0 Å². The number of carbonyl (C=O) groups excluding carboxylic acids is 2. The third kappa shape index (κ3) is 9.12. The van der Waals surface area contributed by atoms with Crippen LogP contribution in [0.4, 0.5) is 5.69 Å². The molecular formula is C43H31N7O8S2. The molecule has 15 nitrogen and oxygen atoms in total. The third-order valence-electron chi connectivity index (χ3n) is 8.58. The molecule has 0 spiro atoms. The van der Waals surface area contributed by atoms with E-state index in [9.17, 15) is 14.7 Å². The Labute approximate surface area is 349 Å². The molecule has 6 heterocycles. The van der Waals surface area contributed by atoms with Crippen LogP contribution in [0.15, 0.2) is 162 Å². The summed E-state index contributed by atoms with van der Waals surface area (Å²) in [4.78, 5) is 34.1. The lowest BCUT2D eigenvalue weighted by Gasteiger charge is -2.09. The van der Waals surface area contributed by atoms with Crippen molar-refractivity contribution in [1.29, 1.82) is 0 Å². The third-order valence-corrected chi connectivity index (χ3v) is 10.3. The molecule has 9 aromatic rings. The first-order valence-electron chi connectivity index (χ1n) is 18.0. The number of furan rings is 4. The number of ether oxygens (including phenoxy) is 1. The molecule has 9 rings (SSSR count). The van der Waals surface area contributed by atoms with Crippen molar-refractivity contribution in [3.05, 3.63) is 140 Å². The van der Waals surface area contributed by atoms with Crippen LogP contribution >= 0.6 is 23.5 Å². The van der Waals surface area contributed by atoms with Crippen molar-refractivity contribution in [1.82, 2.24) is 30.4 Å². The summed E-state index contributed by atoms with van der Waals surface area (Å²) in [5.41, 5.74) is 3.09. The zero-order valence-electron chi connectivity index (χ0n) is 31.4. The van der Waals surface area contributed by atoms with Crippen LogP contribution in [0.25, 0.3) is 56.6 Å². The van der Waals surface area contributed by atoms with Gasteiger partial charge in [-0.05, 0) is 78.2 Å². The number of rotatable bonds is 13. The fourth-order valence-electron chi connectivity index (χ4n) is 5.79. The number of nitrogens with one attached hydrogen (secondary N) is 1. The Balaban J connectivity index is 0.000000167. The van der Waals surface area contributed by atoms with Crippen LogP contribution in [-0.4, -0.2) is 65.8 Å². The molecule has 0 fully saturated rings. The maximum Gasteiger partial charge on any atom is 0.234 e. The second-order valence-corrected chi connectivity index (χ2v) is 14.3. The molecule has 0 saturated heterocycles. The SMILES string of the molecule is COc1cc(C(=O)CSc2nnc(-c3ccco3)c(-c3ccco3)n2)ccc1O.O=C(CSc1nnc(-c2ccco2)c(-c2ccco2)n1)Nc1cccc2ccccc12. The van der Waals surface area contributed by atoms with Gasteiger partial charge in [0.1, 0.15) is 11.4 Å². The average molecular weight is 838 g/mol. The van der Waals surface area contributed by atoms with Gasteiger partial charge in [0.15, 0.2) is 51.7 Å². The molecule has 0 unspecified atom stereocenters. The fraction of sp³-hybridized carbons (Fsp3) is 0.0698. The first-order valence-corrected chi connectivity index (χ1v) is 20.0. The van der Waals surface area contributed by atoms with E-state index in [0.717, 1.165) is 28.2 Å². The van der Waals surface area contributed by atoms with E-state index in [1.165, 1.54) is 49.6 Å². The second kappa shape index (κ2) is 18.4. The maximum atomic E-state index is 12.6. The summed E-state index contributed by atoms with van der Waals surface area (Å²) in [5, 5.41) is 32.1. The summed E-state index contributed by atoms with van der Waals surface area (Å²) < 4.78 is 26.8. The van der Waals surface area contributed by atoms with Crippen LogP contribution in [0.3, 0.4) is 0 Å². The number of anilines is 1. The Kier molecular flexibility index (Phi) is 12.1. The summed E-state index contributed by atoms with van der Waals surface area (Å²) in [5.74, 6) is 2.24. The number of carbonyl (C=O) groups is 2. The highest BCUT2D eigenvalue weighted by Crippen LogP contribution is 2.33. The zero-order valence-corrected chi connectivity index (χ0v) is 33.1. The minimum atomic E-state index is -0.161. The van der Waals surface area contributed by atoms with Gasteiger partial charge in [0, 0.05) is 16.6 Å². The molecule has 60 heavy (non-hydrogen) atoms. The predicted molar refractivity (Wildman–Crippen MR) is 223 cm³/mol. The first kappa shape index (κ1) is 39.3. The number of fused-ring (bicyclic) bond motifs is 1. The van der Waals surface area contributed by atoms with Crippen LogP contribution in [-0.2, 0) is 4.79 Å². The molecule has 298 valence electrons. The van der Waals surface area contributed by atoms with Crippen molar-refractivity contribution in [2.75, 3.05) is 23.9 Å². The first-order chi connectivity index (χ1) is 29.4. The van der Waals surface area contributed by atoms with Crippen molar-refractivity contribution in [3.63, 3.8) is 0 Å². The highest BCUT2D eigenvalue weighted by molar-refractivity contribution is 8.00. The Hall–Kier alpha value is -7.50. The Bertz CT molecular complexity index is 2850. The Morgan fingerprint density at radius 3 is 1.70 bits per heavy atom. The summed E-state index contributed by atoms with van der Waals surface area (Å²) >= 11 is 2.35. The van der Waals surface area contributed by atoms with E-state index >= 15 is 0 Å². The van der Waals surface area contributed by atoms with Gasteiger partial charge in [0.25, 0.3) is 0 Å². The normalized spacial score (nSPS) is 10.9. The van der Waals surface area contributed by atoms with Gasteiger partial charge in [-0.15, -0.1) is 20.4 Å². The van der Waals surface area contributed by atoms with Crippen LogP contribution in [0.2, 0.25) is 0 Å². The lowest BCUT2D eigenvalue weighted by Crippen LogP contribution is -2.14. The number of thioether (sulfide) groups is 2. The molecule has 6 aromatic heterocycles. The number of methoxy groups -OCH3 is 1. The van der Waals surface area contributed by atoms with Gasteiger partial charge in [-0.1, -0.05) is 59.9 Å². The van der Waals surface area contributed by atoms with E-state index in [4.69, 9.17) is 22.4 Å². The van der Waals surface area contributed by atoms with Crippen molar-refractivity contribution < 1.29 is 37.1 Å². The second-order valence-electron chi connectivity index (χ2n) is 12.5. The van der Waals surface area contributed by atoms with Gasteiger partial charge in [-0.3, -0.25) is 9.59 Å². The summed E-state index contributed by atoms with van der Waals surface area (Å²) in [6.07, 6.45) is 6.20. The van der Waals surface area contributed by atoms with E-state index in [1.807, 2.05) is 42.5 Å². The van der Waals surface area contributed by atoms with E-state index in [0.29, 0.717) is 61.7 Å². The molecule has 0 saturated carbocycles. The van der Waals surface area contributed by atoms with Gasteiger partial charge < -0.3 is 32.8 Å². The zero-order chi connectivity index (χ0) is 41.3. The lowest BCUT2D eigenvalue weighted by atomic mass is 10.1. The van der Waals surface area contributed by atoms with Crippen molar-refractivity contribution >= 4 is 51.7 Å². The number of Topliss-reactive ketones (excluding diaryl/α,β-unsaturated/α-hetero) is 1. The predicted octanol–water partition coefficient (Wildman–Crippen LogP) is 9.36. The van der Waals surface area contributed by atoms with Gasteiger partial charge in [0.2, 0.25) is 16.2 Å². The molecule has 3 aromatic carbocycles. The number of amides is 1. The van der Waals surface area contributed by atoms with Gasteiger partial charge in [-0.2, -0.15) is 0 Å². The highest BCUT2D eigenvalue weighted by Gasteiger charge is 2.20. The van der Waals surface area contributed by atoms with E-state index in [-0.39, 0.29) is 34.7 Å². The summed E-state index contributed by atoms with van der Waals surface area (Å²) in [6.45, 7) is 0. The van der Waals surface area contributed by atoms with E-state index in [2.05, 4.69) is 35.7 Å². The number of ketones is 1. The number of phenolic OH excluding ortho intramolecular Hbond substituents is 1. The fourth-order valence-corrected chi connectivity index (χ4v) is 7.06. The van der Waals surface area contributed by atoms with Gasteiger partial charge in [0.05, 0.1) is 43.7 Å². The average Bonchev–Trinajstić information content (AvgIpc) is 4.15. The van der Waals surface area contributed by atoms with Crippen LogP contribution in [0, 0.1) is 0 Å². The molecule has 1 amide bonds. The molecule has 0 radical (unpaired) electrons. The molecular weight excluding hydrogens is 807 g/mol. The number of hydrogen-bond donors (Lipinski definition) is 2. The maximum absolute atomic E-state index is 12.6. The summed E-state index contributed by atoms with van der Waals surface area (Å²) in [6, 6.07) is 32.3. The summed E-state index contributed by atoms with van der Waals surface area (Å²) in [7, 11) is 1.42. The van der Waals surface area contributed by atoms with Crippen LogP contribution in [0.5, 0.6) is 11.5 Å². The number of nitrogens with zero attached hydrogens (tertiary/aromatic N) is 6. The largest absolute Gasteiger partial charge is 0.504 e. The quantitative estimate of drug-likeness (QED) is 0.0819. The molecule has 17 heteroatoms. The number of aromatic nitrogens is 6. The number of hydrogen-bond acceptors (Lipinski definition) is 16. The Morgan fingerprint density at radius 1 is 0.617 bits per heavy atom. The topological polar surface area (TPSA) is 206 Å². The number of benzene rings is 3. The highest BCUT2D eigenvalue weighted by atomic mass is 32.2. The van der Waals surface area contributed by atoms with Crippen molar-refractivity contribution in [3.8, 4) is 57.3 Å². The number of phenols is 1. The van der Waals surface area contributed by atoms with Crippen molar-refractivity contribution in [2.24, 2.45) is 0 Å². The minimum Gasteiger partial charge on any atom is -0.504 e. The smallest absolute Gasteiger partial charge is 0.234 e. The lowest BCUT2D eigenvalue weighted by molar-refractivity contribution is -0.113. The molecule has 0 atom stereocenters. The molecule has 0 bridgehead atoms. The van der Waals surface area contributed by atoms with Crippen molar-refractivity contribution in [2.45, 2.75) is 10.3 Å². The van der Waals surface area contributed by atoms with Crippen LogP contribution < -0.4 is 10.1 Å². The Morgan fingerprint density at radius 2 is 1.15 bits per heavy atom. The number of aromatic hydroxyl groups is 1. The molecule has 0 aliphatic carbocycles. The van der Waals surface area contributed by atoms with Crippen LogP contribution in [0.1, 0.15) is 10.4 Å². The van der Waals surface area contributed by atoms with Gasteiger partial charge in [-0.25, -0.2) is 9.97 Å². The molecule has 0 aliphatic heterocycles. The molecule has 2 N–H and O–H groups in total. The monoisotopic (exact) mass is 837 g/mol. The minimum absolute atomic E-state index is 0.0270. The van der Waals surface area contributed by atoms with E-state index in [1.54, 1.807) is 61.1 Å². The molecule has 0 aliphatic rings. The van der Waals surface area contributed by atoms with E-state index < -0.39 is 0 Å². The standard InChI is InChI=1S/C23H16N4O3S.C20H15N3O5S/c28-20(24-17-9-3-7-15-6-1-2-8-16(15)17)14-31-23-25-21(18-10-4-12-29-18)22(26-27-23)19-11-5-13-30-19;1-26-17-10-12(6-7-13(17)24)14(25)11-29-20-21-18(15-4-2-8-27-15)19(22-23-20)16-5-3-9-28-16/h1-13H,14H2,(H,24,28);2-10,24H,11H2,1H3.